The third kappa shape index (κ3) is 4.32. The van der Waals surface area contributed by atoms with E-state index in [0.717, 1.165) is 36.4 Å². The van der Waals surface area contributed by atoms with Gasteiger partial charge in [-0.05, 0) is 43.7 Å². The van der Waals surface area contributed by atoms with Crippen LogP contribution in [0.25, 0.3) is 11.0 Å². The number of carboxylic acids is 1. The van der Waals surface area contributed by atoms with Gasteiger partial charge in [0.1, 0.15) is 5.82 Å². The Balaban J connectivity index is 1.47. The Morgan fingerprint density at radius 3 is 2.79 bits per heavy atom. The van der Waals surface area contributed by atoms with E-state index in [0.29, 0.717) is 19.3 Å². The van der Waals surface area contributed by atoms with Crippen LogP contribution < -0.4 is 0 Å². The van der Waals surface area contributed by atoms with E-state index in [1.165, 1.54) is 0 Å². The normalized spacial score (nSPS) is 26.5. The molecule has 6 nitrogen and oxygen atoms in total. The molecule has 1 saturated carbocycles. The van der Waals surface area contributed by atoms with Crippen LogP contribution in [-0.4, -0.2) is 56.0 Å². The molecule has 4 rings (SSSR count). The van der Waals surface area contributed by atoms with Gasteiger partial charge >= 0.3 is 5.97 Å². The number of hydrogen-bond donors (Lipinski definition) is 2. The van der Waals surface area contributed by atoms with Crippen LogP contribution in [0, 0.1) is 11.8 Å². The number of carbonyl (C=O) groups is 1. The molecule has 0 aromatic carbocycles. The molecule has 1 saturated heterocycles. The molecule has 0 spiro atoms. The number of carboxylic acid groups (broad SMARTS) is 1. The maximum atomic E-state index is 13.5. The zero-order chi connectivity index (χ0) is 19.7. The molecule has 152 valence electrons. The molecule has 2 fully saturated rings. The molecule has 0 radical (unpaired) electrons. The number of piperidine rings is 1. The predicted molar refractivity (Wildman–Crippen MR) is 100 cm³/mol. The first-order chi connectivity index (χ1) is 13.4. The maximum Gasteiger partial charge on any atom is 0.303 e. The number of alkyl halides is 2. The number of pyridine rings is 1. The lowest BCUT2D eigenvalue weighted by atomic mass is 9.79. The number of nitrogens with one attached hydrogen (secondary N) is 1. The second kappa shape index (κ2) is 7.73. The van der Waals surface area contributed by atoms with Crippen molar-refractivity contribution in [1.29, 1.82) is 0 Å². The van der Waals surface area contributed by atoms with E-state index in [1.807, 2.05) is 6.07 Å². The lowest BCUT2D eigenvalue weighted by Crippen LogP contribution is -2.49. The van der Waals surface area contributed by atoms with Crippen LogP contribution in [0.2, 0.25) is 0 Å². The number of aromatic amines is 1. The quantitative estimate of drug-likeness (QED) is 0.814. The van der Waals surface area contributed by atoms with E-state index in [1.54, 1.807) is 12.4 Å². The van der Waals surface area contributed by atoms with Gasteiger partial charge in [0.25, 0.3) is 0 Å². The van der Waals surface area contributed by atoms with Crippen molar-refractivity contribution >= 4 is 17.0 Å². The van der Waals surface area contributed by atoms with Crippen molar-refractivity contribution in [2.75, 3.05) is 13.1 Å². The van der Waals surface area contributed by atoms with E-state index < -0.39 is 11.9 Å². The fraction of sp³-hybridized carbons (Fsp3) is 0.650. The van der Waals surface area contributed by atoms with E-state index in [2.05, 4.69) is 19.9 Å². The van der Waals surface area contributed by atoms with E-state index in [9.17, 15) is 18.7 Å². The highest BCUT2D eigenvalue weighted by atomic mass is 19.3. The molecule has 2 atom stereocenters. The molecule has 0 bridgehead atoms. The Labute approximate surface area is 162 Å². The summed E-state index contributed by atoms with van der Waals surface area (Å²) in [4.78, 5) is 25.6. The number of fused-ring (bicyclic) bond motifs is 1. The van der Waals surface area contributed by atoms with Crippen molar-refractivity contribution in [3.8, 4) is 0 Å². The Kier molecular flexibility index (Phi) is 5.31. The molecule has 2 N–H and O–H groups in total. The van der Waals surface area contributed by atoms with E-state index in [-0.39, 0.29) is 37.1 Å². The molecule has 3 heterocycles. The molecular weight excluding hydrogens is 366 g/mol. The number of likely N-dealkylation sites (tertiary alicyclic amines) is 1. The van der Waals surface area contributed by atoms with Gasteiger partial charge in [0.05, 0.1) is 17.2 Å². The Morgan fingerprint density at radius 2 is 2.07 bits per heavy atom. The van der Waals surface area contributed by atoms with Crippen LogP contribution in [-0.2, 0) is 11.2 Å². The first kappa shape index (κ1) is 19.2. The highest BCUT2D eigenvalue weighted by molar-refractivity contribution is 5.73. The monoisotopic (exact) mass is 392 g/mol. The SMILES string of the molecule is O=C(O)C[C@@H]1CCN(C2CCC(F)(F)CC2)C[C@@H]1Cc1nc2ccncc2[nH]1. The topological polar surface area (TPSA) is 82.1 Å². The van der Waals surface area contributed by atoms with E-state index >= 15 is 0 Å². The van der Waals surface area contributed by atoms with Gasteiger partial charge in [0.15, 0.2) is 0 Å². The zero-order valence-corrected chi connectivity index (χ0v) is 15.8. The first-order valence-electron chi connectivity index (χ1n) is 10.0. The van der Waals surface area contributed by atoms with Crippen LogP contribution in [0.1, 0.15) is 44.3 Å². The molecule has 8 heteroatoms. The zero-order valence-electron chi connectivity index (χ0n) is 15.8. The highest BCUT2D eigenvalue weighted by Gasteiger charge is 2.40. The number of halogens is 2. The summed E-state index contributed by atoms with van der Waals surface area (Å²) in [7, 11) is 0. The van der Waals surface area contributed by atoms with Crippen molar-refractivity contribution in [3.05, 3.63) is 24.3 Å². The number of hydrogen-bond acceptors (Lipinski definition) is 4. The molecule has 0 unspecified atom stereocenters. The summed E-state index contributed by atoms with van der Waals surface area (Å²) in [5, 5.41) is 9.31. The summed E-state index contributed by atoms with van der Waals surface area (Å²) in [5.74, 6) is -2.26. The van der Waals surface area contributed by atoms with Crippen LogP contribution >= 0.6 is 0 Å². The predicted octanol–water partition coefficient (Wildman–Crippen LogP) is 3.49. The number of rotatable bonds is 5. The number of aliphatic carboxylic acids is 1. The third-order valence-electron chi connectivity index (χ3n) is 6.35. The van der Waals surface area contributed by atoms with E-state index in [4.69, 9.17) is 0 Å². The fourth-order valence-corrected chi connectivity index (χ4v) is 4.81. The maximum absolute atomic E-state index is 13.5. The van der Waals surface area contributed by atoms with Crippen LogP contribution in [0.3, 0.4) is 0 Å². The van der Waals surface area contributed by atoms with Crippen LogP contribution in [0.5, 0.6) is 0 Å². The van der Waals surface area contributed by atoms with Gasteiger partial charge in [-0.3, -0.25) is 9.78 Å². The third-order valence-corrected chi connectivity index (χ3v) is 6.35. The summed E-state index contributed by atoms with van der Waals surface area (Å²) in [6.07, 6.45) is 5.94. The smallest absolute Gasteiger partial charge is 0.303 e. The van der Waals surface area contributed by atoms with Gasteiger partial charge in [0.2, 0.25) is 5.92 Å². The lowest BCUT2D eigenvalue weighted by molar-refractivity contribution is -0.139. The average molecular weight is 392 g/mol. The van der Waals surface area contributed by atoms with Crippen molar-refractivity contribution in [2.45, 2.75) is 56.9 Å². The molecule has 2 aromatic rings. The number of nitrogens with zero attached hydrogens (tertiary/aromatic N) is 3. The van der Waals surface area contributed by atoms with Crippen LogP contribution in [0.4, 0.5) is 8.78 Å². The Bertz CT molecular complexity index is 797. The number of aromatic nitrogens is 3. The van der Waals surface area contributed by atoms with Gasteiger partial charge in [-0.15, -0.1) is 0 Å². The Morgan fingerprint density at radius 1 is 1.29 bits per heavy atom. The first-order valence-corrected chi connectivity index (χ1v) is 10.0. The van der Waals surface area contributed by atoms with Gasteiger partial charge < -0.3 is 15.0 Å². The van der Waals surface area contributed by atoms with Crippen molar-refractivity contribution in [3.63, 3.8) is 0 Å². The molecule has 0 amide bonds. The van der Waals surface area contributed by atoms with Gasteiger partial charge in [-0.1, -0.05) is 0 Å². The lowest BCUT2D eigenvalue weighted by Gasteiger charge is -2.44. The minimum atomic E-state index is -2.53. The largest absolute Gasteiger partial charge is 0.481 e. The summed E-state index contributed by atoms with van der Waals surface area (Å²) in [6.45, 7) is 1.53. The standard InChI is InChI=1S/C20H26F2N4O2/c21-20(22)5-1-15(2-6-20)26-8-4-13(10-19(27)28)14(12-26)9-18-24-16-3-7-23-11-17(16)25-18/h3,7,11,13-15H,1-2,4-6,8-10,12H2,(H,24,25)(H,27,28)/t13-,14-/m0/s1. The molecule has 1 aliphatic carbocycles. The van der Waals surface area contributed by atoms with Crippen molar-refractivity contribution in [2.24, 2.45) is 11.8 Å². The average Bonchev–Trinajstić information content (AvgIpc) is 3.05. The van der Waals surface area contributed by atoms with Gasteiger partial charge in [0, 0.05) is 44.5 Å². The Hall–Kier alpha value is -2.09. The number of imidazole rings is 1. The molecule has 2 aliphatic rings. The van der Waals surface area contributed by atoms with Gasteiger partial charge in [-0.25, -0.2) is 13.8 Å². The molecule has 28 heavy (non-hydrogen) atoms. The number of H-pyrrole nitrogens is 1. The fourth-order valence-electron chi connectivity index (χ4n) is 4.81. The summed E-state index contributed by atoms with van der Waals surface area (Å²) >= 11 is 0. The minimum absolute atomic E-state index is 0.0477. The molecule has 1 aliphatic heterocycles. The minimum Gasteiger partial charge on any atom is -0.481 e. The van der Waals surface area contributed by atoms with Crippen molar-refractivity contribution in [1.82, 2.24) is 19.9 Å². The summed E-state index contributed by atoms with van der Waals surface area (Å²) in [5.41, 5.74) is 1.72. The van der Waals surface area contributed by atoms with Gasteiger partial charge in [-0.2, -0.15) is 0 Å². The summed E-state index contributed by atoms with van der Waals surface area (Å²) in [6, 6.07) is 2.02. The second-order valence-electron chi connectivity index (χ2n) is 8.27. The van der Waals surface area contributed by atoms with Crippen LogP contribution in [0.15, 0.2) is 18.5 Å². The second-order valence-corrected chi connectivity index (χ2v) is 8.27. The molecule has 2 aromatic heterocycles. The van der Waals surface area contributed by atoms with Crippen molar-refractivity contribution < 1.29 is 18.7 Å². The summed E-state index contributed by atoms with van der Waals surface area (Å²) < 4.78 is 27.0. The molecular formula is C20H26F2N4O2. The highest BCUT2D eigenvalue weighted by Crippen LogP contribution is 2.38.